The van der Waals surface area contributed by atoms with Gasteiger partial charge in [0.2, 0.25) is 0 Å². The average Bonchev–Trinajstić information content (AvgIpc) is 3.37. The standard InChI is InChI=1S/C29H44N4O5S/c1-17(2)14-21(31)24(35)29(27(37)38-28(4,5)6,25(36)22(32)16-19-10-8-7-9-11-19)18(3)15-20(30)23(34)26-33-12-13-39-26/h7-13,17-18,20-23,34H,14-16,30-32H2,1-6H3/t18?,20-,21-,22-,23+,29?/m0/s1. The van der Waals surface area contributed by atoms with Crippen LogP contribution in [0.3, 0.4) is 0 Å². The fraction of sp³-hybridized carbons (Fsp3) is 0.586. The fourth-order valence-corrected chi connectivity index (χ4v) is 5.50. The van der Waals surface area contributed by atoms with E-state index in [-0.39, 0.29) is 25.2 Å². The topological polar surface area (TPSA) is 172 Å². The summed E-state index contributed by atoms with van der Waals surface area (Å²) in [4.78, 5) is 46.7. The number of hydrogen-bond acceptors (Lipinski definition) is 10. The third kappa shape index (κ3) is 8.25. The number of rotatable bonds is 14. The zero-order valence-electron chi connectivity index (χ0n) is 23.8. The SMILES string of the molecule is CC(C)C[C@H](N)C(=O)C(C(=O)OC(C)(C)C)(C(=O)[C@@H](N)Cc1ccccc1)C(C)C[C@H](N)[C@@H](O)c1nccs1. The van der Waals surface area contributed by atoms with Gasteiger partial charge in [0.15, 0.2) is 17.0 Å². The highest BCUT2D eigenvalue weighted by atomic mass is 32.1. The van der Waals surface area contributed by atoms with E-state index >= 15 is 0 Å². The van der Waals surface area contributed by atoms with Crippen LogP contribution in [0.2, 0.25) is 0 Å². The molecule has 2 rings (SSSR count). The number of nitrogens with zero attached hydrogens (tertiary/aromatic N) is 1. The van der Waals surface area contributed by atoms with Crippen LogP contribution in [0.25, 0.3) is 0 Å². The van der Waals surface area contributed by atoms with Crippen molar-refractivity contribution in [3.05, 3.63) is 52.5 Å². The van der Waals surface area contributed by atoms with Crippen LogP contribution in [0.5, 0.6) is 0 Å². The monoisotopic (exact) mass is 560 g/mol. The Bertz CT molecular complexity index is 1090. The Morgan fingerprint density at radius 2 is 1.56 bits per heavy atom. The number of nitrogens with two attached hydrogens (primary N) is 3. The van der Waals surface area contributed by atoms with E-state index in [0.717, 1.165) is 5.56 Å². The number of aromatic nitrogens is 1. The lowest BCUT2D eigenvalue weighted by Gasteiger charge is -2.40. The van der Waals surface area contributed by atoms with Crippen LogP contribution < -0.4 is 17.2 Å². The van der Waals surface area contributed by atoms with Crippen LogP contribution in [-0.4, -0.2) is 51.4 Å². The lowest BCUT2D eigenvalue weighted by Crippen LogP contribution is -2.62. The zero-order chi connectivity index (χ0) is 29.5. The minimum absolute atomic E-state index is 0.0256. The number of ether oxygens (including phenoxy) is 1. The molecule has 0 saturated carbocycles. The normalized spacial score (nSPS) is 17.5. The minimum atomic E-state index is -2.32. The van der Waals surface area contributed by atoms with Gasteiger partial charge < -0.3 is 27.0 Å². The fourth-order valence-electron chi connectivity index (χ4n) is 4.81. The zero-order valence-corrected chi connectivity index (χ0v) is 24.6. The number of thiazole rings is 1. The molecule has 0 fully saturated rings. The Hall–Kier alpha value is -2.50. The molecule has 7 N–H and O–H groups in total. The van der Waals surface area contributed by atoms with E-state index in [9.17, 15) is 19.5 Å². The van der Waals surface area contributed by atoms with Gasteiger partial charge in [-0.2, -0.15) is 0 Å². The molecule has 1 aromatic carbocycles. The predicted molar refractivity (Wildman–Crippen MR) is 153 cm³/mol. The first-order valence-corrected chi connectivity index (χ1v) is 14.2. The van der Waals surface area contributed by atoms with Gasteiger partial charge in [0.05, 0.1) is 12.1 Å². The molecule has 0 bridgehead atoms. The molecule has 2 unspecified atom stereocenters. The number of carbonyl (C=O) groups excluding carboxylic acids is 3. The summed E-state index contributed by atoms with van der Waals surface area (Å²) in [5.41, 5.74) is 16.6. The molecule has 2 aromatic rings. The highest BCUT2D eigenvalue weighted by Gasteiger charge is 2.60. The molecule has 0 spiro atoms. The van der Waals surface area contributed by atoms with Gasteiger partial charge in [0.1, 0.15) is 16.7 Å². The molecule has 6 atom stereocenters. The van der Waals surface area contributed by atoms with Crippen molar-refractivity contribution in [2.45, 2.75) is 90.6 Å². The number of ketones is 2. The Kier molecular flexibility index (Phi) is 11.5. The van der Waals surface area contributed by atoms with Crippen molar-refractivity contribution in [3.8, 4) is 0 Å². The number of carbonyl (C=O) groups is 3. The molecule has 0 saturated heterocycles. The van der Waals surface area contributed by atoms with Gasteiger partial charge in [-0.05, 0) is 57.4 Å². The van der Waals surface area contributed by atoms with Crippen LogP contribution in [0.15, 0.2) is 41.9 Å². The summed E-state index contributed by atoms with van der Waals surface area (Å²) in [6.45, 7) is 10.4. The molecule has 0 amide bonds. The van der Waals surface area contributed by atoms with Gasteiger partial charge in [-0.25, -0.2) is 4.98 Å². The van der Waals surface area contributed by atoms with Crippen molar-refractivity contribution in [1.82, 2.24) is 4.98 Å². The summed E-state index contributed by atoms with van der Waals surface area (Å²) >= 11 is 1.23. The third-order valence-corrected chi connectivity index (χ3v) is 7.52. The molecule has 0 aliphatic heterocycles. The van der Waals surface area contributed by atoms with Crippen LogP contribution in [-0.2, 0) is 25.5 Å². The van der Waals surface area contributed by atoms with E-state index in [0.29, 0.717) is 5.01 Å². The maximum atomic E-state index is 14.3. The Morgan fingerprint density at radius 1 is 0.974 bits per heavy atom. The first-order valence-electron chi connectivity index (χ1n) is 13.3. The molecule has 0 aliphatic rings. The van der Waals surface area contributed by atoms with E-state index in [2.05, 4.69) is 4.98 Å². The van der Waals surface area contributed by atoms with Crippen molar-refractivity contribution in [3.63, 3.8) is 0 Å². The minimum Gasteiger partial charge on any atom is -0.459 e. The molecule has 216 valence electrons. The lowest BCUT2D eigenvalue weighted by molar-refractivity contribution is -0.178. The molecular weight excluding hydrogens is 516 g/mol. The lowest BCUT2D eigenvalue weighted by atomic mass is 9.63. The highest BCUT2D eigenvalue weighted by Crippen LogP contribution is 2.40. The maximum Gasteiger partial charge on any atom is 0.328 e. The number of aliphatic hydroxyl groups is 1. The third-order valence-electron chi connectivity index (χ3n) is 6.67. The van der Waals surface area contributed by atoms with Crippen molar-refractivity contribution in [2.24, 2.45) is 34.5 Å². The molecule has 10 heteroatoms. The molecule has 9 nitrogen and oxygen atoms in total. The van der Waals surface area contributed by atoms with Crippen LogP contribution in [0.4, 0.5) is 0 Å². The maximum absolute atomic E-state index is 14.3. The first kappa shape index (κ1) is 32.7. The Morgan fingerprint density at radius 3 is 2.08 bits per heavy atom. The van der Waals surface area contributed by atoms with Gasteiger partial charge in [0, 0.05) is 17.6 Å². The van der Waals surface area contributed by atoms with Crippen molar-refractivity contribution >= 4 is 28.9 Å². The van der Waals surface area contributed by atoms with Gasteiger partial charge in [-0.3, -0.25) is 14.4 Å². The van der Waals surface area contributed by atoms with Crippen molar-refractivity contribution < 1.29 is 24.2 Å². The summed E-state index contributed by atoms with van der Waals surface area (Å²) < 4.78 is 5.73. The summed E-state index contributed by atoms with van der Waals surface area (Å²) in [6, 6.07) is 5.87. The van der Waals surface area contributed by atoms with Crippen molar-refractivity contribution in [1.29, 1.82) is 0 Å². The molecule has 39 heavy (non-hydrogen) atoms. The first-order chi connectivity index (χ1) is 18.1. The quantitative estimate of drug-likeness (QED) is 0.200. The van der Waals surface area contributed by atoms with Gasteiger partial charge in [-0.1, -0.05) is 51.1 Å². The second-order valence-electron chi connectivity index (χ2n) is 11.7. The molecule has 1 heterocycles. The van der Waals surface area contributed by atoms with Gasteiger partial charge >= 0.3 is 5.97 Å². The largest absolute Gasteiger partial charge is 0.459 e. The summed E-state index contributed by atoms with van der Waals surface area (Å²) in [5.74, 6) is -3.48. The number of hydrogen-bond donors (Lipinski definition) is 4. The second kappa shape index (κ2) is 13.7. The molecule has 0 radical (unpaired) electrons. The number of esters is 1. The van der Waals surface area contributed by atoms with E-state index < -0.39 is 58.7 Å². The highest BCUT2D eigenvalue weighted by molar-refractivity contribution is 7.09. The van der Waals surface area contributed by atoms with Gasteiger partial charge in [0.25, 0.3) is 0 Å². The summed E-state index contributed by atoms with van der Waals surface area (Å²) in [6.07, 6.45) is 0.688. The number of aliphatic hydroxyl groups excluding tert-OH is 1. The predicted octanol–water partition coefficient (Wildman–Crippen LogP) is 2.94. The smallest absolute Gasteiger partial charge is 0.328 e. The van der Waals surface area contributed by atoms with E-state index in [4.69, 9.17) is 21.9 Å². The van der Waals surface area contributed by atoms with E-state index in [1.807, 2.05) is 44.2 Å². The van der Waals surface area contributed by atoms with Gasteiger partial charge in [-0.15, -0.1) is 11.3 Å². The average molecular weight is 561 g/mol. The van der Waals surface area contributed by atoms with Crippen LogP contribution in [0.1, 0.15) is 71.1 Å². The van der Waals surface area contributed by atoms with Crippen molar-refractivity contribution in [2.75, 3.05) is 0 Å². The van der Waals surface area contributed by atoms with Crippen LogP contribution in [0, 0.1) is 17.3 Å². The molecule has 1 aromatic heterocycles. The van der Waals surface area contributed by atoms with E-state index in [1.165, 1.54) is 11.3 Å². The summed E-state index contributed by atoms with van der Waals surface area (Å²) in [5, 5.41) is 12.9. The Labute approximate surface area is 235 Å². The number of benzene rings is 1. The molecule has 0 aliphatic carbocycles. The second-order valence-corrected chi connectivity index (χ2v) is 12.6. The van der Waals surface area contributed by atoms with E-state index in [1.54, 1.807) is 39.3 Å². The summed E-state index contributed by atoms with van der Waals surface area (Å²) in [7, 11) is 0. The Balaban J connectivity index is 2.62. The molecular formula is C29H44N4O5S. The van der Waals surface area contributed by atoms with Crippen LogP contribution >= 0.6 is 11.3 Å². The number of Topliss-reactive ketones (excluding diaryl/α,β-unsaturated/α-hetero) is 2.